The lowest BCUT2D eigenvalue weighted by Gasteiger charge is -2.13. The number of amides is 2. The van der Waals surface area contributed by atoms with Gasteiger partial charge in [-0.05, 0) is 19.3 Å². The molecule has 9 heteroatoms. The third kappa shape index (κ3) is 5.88. The van der Waals surface area contributed by atoms with E-state index in [-0.39, 0.29) is 11.0 Å². The van der Waals surface area contributed by atoms with Gasteiger partial charge in [0, 0.05) is 6.54 Å². The van der Waals surface area contributed by atoms with E-state index in [1.165, 1.54) is 0 Å². The summed E-state index contributed by atoms with van der Waals surface area (Å²) in [4.78, 5) is 11.4. The lowest BCUT2D eigenvalue weighted by atomic mass is 10.1. The molecule has 0 aliphatic rings. The summed E-state index contributed by atoms with van der Waals surface area (Å²) in [5.74, 6) is 0.108. The van der Waals surface area contributed by atoms with Gasteiger partial charge in [0.15, 0.2) is 5.01 Å². The second-order valence-electron chi connectivity index (χ2n) is 4.27. The van der Waals surface area contributed by atoms with Gasteiger partial charge in [-0.1, -0.05) is 18.3 Å². The number of alkyl halides is 2. The Labute approximate surface area is 113 Å². The SMILES string of the molecule is C[C@@H](CNC(=O)Nc1nnc(C(F)F)s1)C[C@H](C)O. The second kappa shape index (κ2) is 7.29. The van der Waals surface area contributed by atoms with Crippen LogP contribution in [0.3, 0.4) is 0 Å². The number of aliphatic hydroxyl groups excluding tert-OH is 1. The zero-order valence-corrected chi connectivity index (χ0v) is 11.4. The van der Waals surface area contributed by atoms with Crippen LogP contribution in [0.25, 0.3) is 0 Å². The summed E-state index contributed by atoms with van der Waals surface area (Å²) < 4.78 is 24.5. The molecule has 1 heterocycles. The molecule has 0 fully saturated rings. The topological polar surface area (TPSA) is 87.1 Å². The summed E-state index contributed by atoms with van der Waals surface area (Å²) in [6.07, 6.45) is -2.56. The molecule has 1 rings (SSSR count). The van der Waals surface area contributed by atoms with Crippen molar-refractivity contribution in [2.24, 2.45) is 5.92 Å². The van der Waals surface area contributed by atoms with Gasteiger partial charge in [-0.2, -0.15) is 0 Å². The van der Waals surface area contributed by atoms with Crippen LogP contribution in [0.1, 0.15) is 31.7 Å². The molecule has 0 saturated heterocycles. The lowest BCUT2D eigenvalue weighted by Crippen LogP contribution is -2.33. The van der Waals surface area contributed by atoms with E-state index in [0.717, 1.165) is 0 Å². The maximum absolute atomic E-state index is 12.2. The molecule has 0 aromatic carbocycles. The molecular formula is C10H16F2N4O2S. The van der Waals surface area contributed by atoms with Crippen molar-refractivity contribution in [1.29, 1.82) is 0 Å². The van der Waals surface area contributed by atoms with Gasteiger partial charge in [-0.15, -0.1) is 10.2 Å². The van der Waals surface area contributed by atoms with Crippen molar-refractivity contribution in [3.8, 4) is 0 Å². The summed E-state index contributed by atoms with van der Waals surface area (Å²) in [5, 5.41) is 20.3. The fourth-order valence-corrected chi connectivity index (χ4v) is 2.04. The molecule has 0 unspecified atom stereocenters. The standard InChI is InChI=1S/C10H16F2N4O2S/c1-5(3-6(2)17)4-13-9(18)14-10-16-15-8(19-10)7(11)12/h5-7,17H,3-4H2,1-2H3,(H2,13,14,16,18)/t5-,6+/m1/s1. The minimum atomic E-state index is -2.69. The molecule has 0 spiro atoms. The van der Waals surface area contributed by atoms with Crippen LogP contribution in [0.2, 0.25) is 0 Å². The predicted octanol–water partition coefficient (Wildman–Crippen LogP) is 2.00. The summed E-state index contributed by atoms with van der Waals surface area (Å²) in [6, 6.07) is -0.533. The van der Waals surface area contributed by atoms with Crippen LogP contribution < -0.4 is 10.6 Å². The van der Waals surface area contributed by atoms with Gasteiger partial charge in [-0.3, -0.25) is 5.32 Å². The largest absolute Gasteiger partial charge is 0.393 e. The van der Waals surface area contributed by atoms with Crippen molar-refractivity contribution < 1.29 is 18.7 Å². The number of nitrogens with one attached hydrogen (secondary N) is 2. The molecule has 6 nitrogen and oxygen atoms in total. The number of hydrogen-bond acceptors (Lipinski definition) is 5. The van der Waals surface area contributed by atoms with Crippen molar-refractivity contribution in [1.82, 2.24) is 15.5 Å². The fraction of sp³-hybridized carbons (Fsp3) is 0.700. The number of anilines is 1. The molecule has 108 valence electrons. The smallest absolute Gasteiger partial charge is 0.321 e. The van der Waals surface area contributed by atoms with Crippen LogP contribution in [0, 0.1) is 5.92 Å². The van der Waals surface area contributed by atoms with Crippen molar-refractivity contribution in [2.45, 2.75) is 32.8 Å². The average Bonchev–Trinajstić information content (AvgIpc) is 2.74. The molecule has 0 saturated carbocycles. The molecule has 0 bridgehead atoms. The number of urea groups is 1. The van der Waals surface area contributed by atoms with Crippen molar-refractivity contribution in [2.75, 3.05) is 11.9 Å². The number of rotatable bonds is 6. The molecule has 0 aliphatic carbocycles. The summed E-state index contributed by atoms with van der Waals surface area (Å²) in [7, 11) is 0. The van der Waals surface area contributed by atoms with Gasteiger partial charge in [0.1, 0.15) is 0 Å². The van der Waals surface area contributed by atoms with E-state index in [4.69, 9.17) is 5.11 Å². The van der Waals surface area contributed by atoms with E-state index in [1.54, 1.807) is 6.92 Å². The van der Waals surface area contributed by atoms with Crippen LogP contribution in [-0.2, 0) is 0 Å². The first kappa shape index (κ1) is 15.7. The highest BCUT2D eigenvalue weighted by molar-refractivity contribution is 7.15. The highest BCUT2D eigenvalue weighted by Crippen LogP contribution is 2.24. The molecule has 1 aromatic rings. The molecule has 3 N–H and O–H groups in total. The Kier molecular flexibility index (Phi) is 6.03. The normalized spacial score (nSPS) is 14.2. The summed E-state index contributed by atoms with van der Waals surface area (Å²) in [6.45, 7) is 3.92. The quantitative estimate of drug-likeness (QED) is 0.749. The van der Waals surface area contributed by atoms with Crippen LogP contribution in [-0.4, -0.2) is 34.0 Å². The number of carbonyl (C=O) groups excluding carboxylic acids is 1. The molecular weight excluding hydrogens is 278 g/mol. The monoisotopic (exact) mass is 294 g/mol. The maximum Gasteiger partial charge on any atom is 0.321 e. The number of nitrogens with zero attached hydrogens (tertiary/aromatic N) is 2. The van der Waals surface area contributed by atoms with Crippen molar-refractivity contribution in [3.63, 3.8) is 0 Å². The Morgan fingerprint density at radius 1 is 1.42 bits per heavy atom. The predicted molar refractivity (Wildman–Crippen MR) is 67.3 cm³/mol. The molecule has 0 aliphatic heterocycles. The van der Waals surface area contributed by atoms with Gasteiger partial charge in [-0.25, -0.2) is 13.6 Å². The van der Waals surface area contributed by atoms with Gasteiger partial charge in [0.25, 0.3) is 6.43 Å². The first-order valence-corrected chi connectivity index (χ1v) is 6.54. The Morgan fingerprint density at radius 2 is 2.11 bits per heavy atom. The molecule has 2 amide bonds. The zero-order valence-electron chi connectivity index (χ0n) is 10.6. The van der Waals surface area contributed by atoms with E-state index in [0.29, 0.717) is 24.3 Å². The summed E-state index contributed by atoms with van der Waals surface area (Å²) in [5.41, 5.74) is 0. The van der Waals surface area contributed by atoms with E-state index in [9.17, 15) is 13.6 Å². The molecule has 2 atom stereocenters. The van der Waals surface area contributed by atoms with Crippen LogP contribution in [0.5, 0.6) is 0 Å². The highest BCUT2D eigenvalue weighted by atomic mass is 32.1. The van der Waals surface area contributed by atoms with E-state index < -0.39 is 23.6 Å². The molecule has 0 radical (unpaired) electrons. The Balaban J connectivity index is 2.34. The minimum Gasteiger partial charge on any atom is -0.393 e. The summed E-state index contributed by atoms with van der Waals surface area (Å²) >= 11 is 0.630. The zero-order chi connectivity index (χ0) is 14.4. The van der Waals surface area contributed by atoms with Gasteiger partial charge < -0.3 is 10.4 Å². The van der Waals surface area contributed by atoms with Crippen LogP contribution >= 0.6 is 11.3 Å². The maximum atomic E-state index is 12.2. The fourth-order valence-electron chi connectivity index (χ4n) is 1.45. The van der Waals surface area contributed by atoms with Crippen molar-refractivity contribution in [3.05, 3.63) is 5.01 Å². The number of aliphatic hydroxyl groups is 1. The number of aromatic nitrogens is 2. The van der Waals surface area contributed by atoms with Crippen LogP contribution in [0.15, 0.2) is 0 Å². The first-order valence-electron chi connectivity index (χ1n) is 5.73. The number of carbonyl (C=O) groups is 1. The van der Waals surface area contributed by atoms with Crippen LogP contribution in [0.4, 0.5) is 18.7 Å². The lowest BCUT2D eigenvalue weighted by molar-refractivity contribution is 0.150. The first-order chi connectivity index (χ1) is 8.88. The third-order valence-electron chi connectivity index (χ3n) is 2.20. The minimum absolute atomic E-state index is 0.0241. The number of halogens is 2. The Bertz CT molecular complexity index is 414. The highest BCUT2D eigenvalue weighted by Gasteiger charge is 2.15. The van der Waals surface area contributed by atoms with Gasteiger partial charge in [0.2, 0.25) is 5.13 Å². The van der Waals surface area contributed by atoms with E-state index in [1.807, 2.05) is 6.92 Å². The molecule has 19 heavy (non-hydrogen) atoms. The number of hydrogen-bond donors (Lipinski definition) is 3. The van der Waals surface area contributed by atoms with Gasteiger partial charge >= 0.3 is 6.03 Å². The van der Waals surface area contributed by atoms with E-state index in [2.05, 4.69) is 20.8 Å². The van der Waals surface area contributed by atoms with Gasteiger partial charge in [0.05, 0.1) is 6.10 Å². The second-order valence-corrected chi connectivity index (χ2v) is 5.28. The Hall–Kier alpha value is -1.35. The van der Waals surface area contributed by atoms with E-state index >= 15 is 0 Å². The van der Waals surface area contributed by atoms with Crippen molar-refractivity contribution >= 4 is 22.5 Å². The average molecular weight is 294 g/mol. The molecule has 1 aromatic heterocycles. The Morgan fingerprint density at radius 3 is 2.63 bits per heavy atom. The third-order valence-corrected chi connectivity index (χ3v) is 3.05.